The number of nitrogens with two attached hydrogens (primary N) is 1. The van der Waals surface area contributed by atoms with Gasteiger partial charge in [-0.25, -0.2) is 9.53 Å². The van der Waals surface area contributed by atoms with Gasteiger partial charge in [0.15, 0.2) is 0 Å². The molecule has 0 fully saturated rings. The van der Waals surface area contributed by atoms with Gasteiger partial charge in [-0.3, -0.25) is 4.18 Å². The van der Waals surface area contributed by atoms with Crippen LogP contribution in [0.2, 0.25) is 0 Å². The minimum absolute atomic E-state index is 0.252. The van der Waals surface area contributed by atoms with Crippen molar-refractivity contribution in [2.45, 2.75) is 12.8 Å². The highest BCUT2D eigenvalue weighted by molar-refractivity contribution is 7.84. The molecule has 0 spiro atoms. The van der Waals surface area contributed by atoms with E-state index in [4.69, 9.17) is 0 Å². The normalized spacial score (nSPS) is 12.8. The SMILES string of the molecule is NS(=O)(=O)OCc1ccc(C(F)(F)F)cc1F. The summed E-state index contributed by atoms with van der Waals surface area (Å²) in [6.45, 7) is -0.761. The number of hydrogen-bond donors (Lipinski definition) is 1. The zero-order valence-electron chi connectivity index (χ0n) is 8.16. The fourth-order valence-electron chi connectivity index (χ4n) is 0.986. The Bertz CT molecular complexity index is 512. The molecule has 1 rings (SSSR count). The summed E-state index contributed by atoms with van der Waals surface area (Å²) in [5, 5.41) is 4.48. The number of hydrogen-bond acceptors (Lipinski definition) is 3. The standard InChI is InChI=1S/C8H7F4NO3S/c9-7-3-6(8(10,11)12)2-1-5(7)4-16-17(13,14)15/h1-3H,4H2,(H2,13,14,15). The molecule has 0 aliphatic rings. The van der Waals surface area contributed by atoms with Crippen LogP contribution < -0.4 is 5.14 Å². The maximum atomic E-state index is 13.1. The van der Waals surface area contributed by atoms with E-state index in [1.807, 2.05) is 0 Å². The molecule has 0 unspecified atom stereocenters. The van der Waals surface area contributed by atoms with Gasteiger partial charge in [0.05, 0.1) is 12.2 Å². The maximum Gasteiger partial charge on any atom is 0.416 e. The van der Waals surface area contributed by atoms with Crippen molar-refractivity contribution in [3.05, 3.63) is 35.1 Å². The van der Waals surface area contributed by atoms with Gasteiger partial charge in [0.1, 0.15) is 5.82 Å². The fraction of sp³-hybridized carbons (Fsp3) is 0.250. The zero-order valence-corrected chi connectivity index (χ0v) is 8.98. The fourth-order valence-corrected chi connectivity index (χ4v) is 1.28. The highest BCUT2D eigenvalue weighted by Crippen LogP contribution is 2.30. The third-order valence-electron chi connectivity index (χ3n) is 1.76. The summed E-state index contributed by atoms with van der Waals surface area (Å²) in [5.41, 5.74) is -1.51. The van der Waals surface area contributed by atoms with Crippen molar-refractivity contribution >= 4 is 10.3 Å². The predicted octanol–water partition coefficient (Wildman–Crippen LogP) is 1.56. The molecule has 0 atom stereocenters. The predicted molar refractivity (Wildman–Crippen MR) is 49.3 cm³/mol. The molecule has 17 heavy (non-hydrogen) atoms. The second-order valence-corrected chi connectivity index (χ2v) is 4.28. The molecule has 1 aromatic rings. The Morgan fingerprint density at radius 3 is 2.29 bits per heavy atom. The Morgan fingerprint density at radius 1 is 1.29 bits per heavy atom. The Balaban J connectivity index is 2.91. The van der Waals surface area contributed by atoms with Crippen LogP contribution in [0.15, 0.2) is 18.2 Å². The molecule has 0 aromatic heterocycles. The van der Waals surface area contributed by atoms with Gasteiger partial charge in [-0.05, 0) is 12.1 Å². The van der Waals surface area contributed by atoms with Gasteiger partial charge in [-0.15, -0.1) is 0 Å². The molecule has 2 N–H and O–H groups in total. The molecule has 0 heterocycles. The first-order chi connectivity index (χ1) is 7.59. The van der Waals surface area contributed by atoms with Crippen LogP contribution in [-0.2, 0) is 27.3 Å². The van der Waals surface area contributed by atoms with E-state index in [0.717, 1.165) is 6.07 Å². The molecular weight excluding hydrogens is 266 g/mol. The van der Waals surface area contributed by atoms with Crippen LogP contribution in [0.4, 0.5) is 17.6 Å². The summed E-state index contributed by atoms with van der Waals surface area (Å²) < 4.78 is 74.5. The second-order valence-electron chi connectivity index (χ2n) is 3.06. The third-order valence-corrected chi connectivity index (χ3v) is 2.21. The van der Waals surface area contributed by atoms with E-state index in [2.05, 4.69) is 9.32 Å². The molecule has 4 nitrogen and oxygen atoms in total. The van der Waals surface area contributed by atoms with E-state index in [1.54, 1.807) is 0 Å². The van der Waals surface area contributed by atoms with Crippen molar-refractivity contribution in [2.75, 3.05) is 0 Å². The molecule has 0 saturated carbocycles. The molecule has 96 valence electrons. The summed E-state index contributed by atoms with van der Waals surface area (Å²) in [7, 11) is -4.27. The first-order valence-corrected chi connectivity index (χ1v) is 5.59. The first-order valence-electron chi connectivity index (χ1n) is 4.12. The zero-order chi connectivity index (χ0) is 13.3. The van der Waals surface area contributed by atoms with Crippen molar-refractivity contribution in [3.8, 4) is 0 Å². The van der Waals surface area contributed by atoms with Gasteiger partial charge in [0.25, 0.3) is 0 Å². The first kappa shape index (κ1) is 13.9. The Kier molecular flexibility index (Phi) is 3.74. The van der Waals surface area contributed by atoms with Crippen LogP contribution in [0.1, 0.15) is 11.1 Å². The molecule has 0 aliphatic heterocycles. The summed E-state index contributed by atoms with van der Waals surface area (Å²) in [4.78, 5) is 0. The molecule has 0 radical (unpaired) electrons. The highest BCUT2D eigenvalue weighted by Gasteiger charge is 2.31. The second kappa shape index (κ2) is 4.59. The van der Waals surface area contributed by atoms with Gasteiger partial charge in [-0.2, -0.15) is 21.6 Å². The van der Waals surface area contributed by atoms with E-state index >= 15 is 0 Å². The summed E-state index contributed by atoms with van der Waals surface area (Å²) >= 11 is 0. The van der Waals surface area contributed by atoms with Crippen molar-refractivity contribution in [2.24, 2.45) is 5.14 Å². The van der Waals surface area contributed by atoms with Crippen LogP contribution in [0.25, 0.3) is 0 Å². The molecule has 0 saturated heterocycles. The molecule has 0 aliphatic carbocycles. The van der Waals surface area contributed by atoms with E-state index in [1.165, 1.54) is 0 Å². The Hall–Kier alpha value is -1.19. The van der Waals surface area contributed by atoms with Crippen molar-refractivity contribution in [1.82, 2.24) is 0 Å². The highest BCUT2D eigenvalue weighted by atomic mass is 32.2. The van der Waals surface area contributed by atoms with Crippen molar-refractivity contribution in [1.29, 1.82) is 0 Å². The quantitative estimate of drug-likeness (QED) is 0.850. The van der Waals surface area contributed by atoms with Gasteiger partial charge in [-0.1, -0.05) is 6.07 Å². The monoisotopic (exact) mass is 273 g/mol. The van der Waals surface area contributed by atoms with Crippen LogP contribution in [0.3, 0.4) is 0 Å². The summed E-state index contributed by atoms with van der Waals surface area (Å²) in [6, 6.07) is 1.65. The lowest BCUT2D eigenvalue weighted by molar-refractivity contribution is -0.137. The Labute approximate surface area is 94.2 Å². The molecule has 9 heteroatoms. The van der Waals surface area contributed by atoms with Crippen LogP contribution in [-0.4, -0.2) is 8.42 Å². The average Bonchev–Trinajstić information content (AvgIpc) is 2.12. The minimum atomic E-state index is -4.67. The number of alkyl halides is 3. The Morgan fingerprint density at radius 2 is 1.88 bits per heavy atom. The molecular formula is C8H7F4NO3S. The smallest absolute Gasteiger partial charge is 0.253 e. The van der Waals surface area contributed by atoms with Gasteiger partial charge < -0.3 is 0 Å². The summed E-state index contributed by atoms with van der Waals surface area (Å²) in [5.74, 6) is -1.22. The maximum absolute atomic E-state index is 13.1. The topological polar surface area (TPSA) is 69.4 Å². The van der Waals surface area contributed by atoms with Gasteiger partial charge in [0, 0.05) is 5.56 Å². The van der Waals surface area contributed by atoms with E-state index in [0.29, 0.717) is 6.07 Å². The van der Waals surface area contributed by atoms with Gasteiger partial charge in [0.2, 0.25) is 0 Å². The number of benzene rings is 1. The van der Waals surface area contributed by atoms with Crippen molar-refractivity contribution < 1.29 is 30.2 Å². The lowest BCUT2D eigenvalue weighted by Gasteiger charge is -2.08. The number of rotatable bonds is 3. The number of halogens is 4. The van der Waals surface area contributed by atoms with E-state index < -0.39 is 34.5 Å². The average molecular weight is 273 g/mol. The molecule has 0 bridgehead atoms. The lowest BCUT2D eigenvalue weighted by atomic mass is 10.1. The summed E-state index contributed by atoms with van der Waals surface area (Å²) in [6.07, 6.45) is -4.67. The van der Waals surface area contributed by atoms with Gasteiger partial charge >= 0.3 is 16.5 Å². The molecule has 0 amide bonds. The van der Waals surface area contributed by atoms with Crippen LogP contribution in [0, 0.1) is 5.82 Å². The molecule has 1 aromatic carbocycles. The van der Waals surface area contributed by atoms with Crippen molar-refractivity contribution in [3.63, 3.8) is 0 Å². The third kappa shape index (κ3) is 4.29. The van der Waals surface area contributed by atoms with E-state index in [9.17, 15) is 26.0 Å². The minimum Gasteiger partial charge on any atom is -0.253 e. The lowest BCUT2D eigenvalue weighted by Crippen LogP contribution is -2.16. The van der Waals surface area contributed by atoms with Crippen LogP contribution in [0.5, 0.6) is 0 Å². The van der Waals surface area contributed by atoms with Crippen LogP contribution >= 0.6 is 0 Å². The van der Waals surface area contributed by atoms with E-state index in [-0.39, 0.29) is 11.6 Å². The largest absolute Gasteiger partial charge is 0.416 e.